The standard InChI is InChI=1S/C16H17FN2O2/c17-13-7-5-12(6-8-13)9-10-19-16(20)11-21-15-4-2-1-3-14(15)18/h1-8H,9-11,18H2,(H,19,20). The molecule has 110 valence electrons. The molecular weight excluding hydrogens is 271 g/mol. The Morgan fingerprint density at radius 1 is 1.14 bits per heavy atom. The second-order valence-electron chi connectivity index (χ2n) is 4.55. The van der Waals surface area contributed by atoms with Crippen molar-refractivity contribution in [2.75, 3.05) is 18.9 Å². The number of rotatable bonds is 6. The van der Waals surface area contributed by atoms with E-state index in [1.165, 1.54) is 12.1 Å². The van der Waals surface area contributed by atoms with Crippen LogP contribution in [-0.4, -0.2) is 19.1 Å². The molecule has 0 unspecified atom stereocenters. The predicted molar refractivity (Wildman–Crippen MR) is 79.5 cm³/mol. The van der Waals surface area contributed by atoms with Crippen molar-refractivity contribution < 1.29 is 13.9 Å². The van der Waals surface area contributed by atoms with E-state index in [9.17, 15) is 9.18 Å². The quantitative estimate of drug-likeness (QED) is 0.800. The lowest BCUT2D eigenvalue weighted by Gasteiger charge is -2.09. The van der Waals surface area contributed by atoms with Gasteiger partial charge in [-0.3, -0.25) is 4.79 Å². The summed E-state index contributed by atoms with van der Waals surface area (Å²) in [6.07, 6.45) is 0.638. The van der Waals surface area contributed by atoms with E-state index in [1.807, 2.05) is 0 Å². The van der Waals surface area contributed by atoms with Gasteiger partial charge < -0.3 is 15.8 Å². The molecule has 0 heterocycles. The summed E-state index contributed by atoms with van der Waals surface area (Å²) in [4.78, 5) is 11.6. The number of benzene rings is 2. The fraction of sp³-hybridized carbons (Fsp3) is 0.188. The zero-order valence-electron chi connectivity index (χ0n) is 11.5. The SMILES string of the molecule is Nc1ccccc1OCC(=O)NCCc1ccc(F)cc1. The van der Waals surface area contributed by atoms with Crippen LogP contribution in [0.5, 0.6) is 5.75 Å². The van der Waals surface area contributed by atoms with Gasteiger partial charge in [-0.25, -0.2) is 4.39 Å². The number of ether oxygens (including phenoxy) is 1. The smallest absolute Gasteiger partial charge is 0.257 e. The van der Waals surface area contributed by atoms with Crippen molar-refractivity contribution in [1.29, 1.82) is 0 Å². The number of carbonyl (C=O) groups excluding carboxylic acids is 1. The topological polar surface area (TPSA) is 64.3 Å². The maximum Gasteiger partial charge on any atom is 0.257 e. The summed E-state index contributed by atoms with van der Waals surface area (Å²) in [5, 5.41) is 2.74. The van der Waals surface area contributed by atoms with Crippen molar-refractivity contribution in [2.24, 2.45) is 0 Å². The third-order valence-electron chi connectivity index (χ3n) is 2.93. The van der Waals surface area contributed by atoms with Crippen LogP contribution >= 0.6 is 0 Å². The minimum atomic E-state index is -0.267. The highest BCUT2D eigenvalue weighted by Crippen LogP contribution is 2.19. The first-order valence-corrected chi connectivity index (χ1v) is 6.63. The van der Waals surface area contributed by atoms with Crippen LogP contribution in [0.15, 0.2) is 48.5 Å². The lowest BCUT2D eigenvalue weighted by atomic mass is 10.1. The molecule has 0 saturated heterocycles. The third-order valence-corrected chi connectivity index (χ3v) is 2.93. The number of nitrogen functional groups attached to an aromatic ring is 1. The first-order chi connectivity index (χ1) is 10.1. The molecule has 0 spiro atoms. The van der Waals surface area contributed by atoms with Gasteiger partial charge in [-0.05, 0) is 36.2 Å². The van der Waals surface area contributed by atoms with Gasteiger partial charge in [0.15, 0.2) is 6.61 Å². The number of amides is 1. The van der Waals surface area contributed by atoms with Crippen LogP contribution in [-0.2, 0) is 11.2 Å². The molecule has 4 nitrogen and oxygen atoms in total. The molecule has 1 amide bonds. The molecule has 3 N–H and O–H groups in total. The van der Waals surface area contributed by atoms with E-state index in [-0.39, 0.29) is 18.3 Å². The molecule has 0 fully saturated rings. The van der Waals surface area contributed by atoms with Gasteiger partial charge in [0.2, 0.25) is 0 Å². The number of hydrogen-bond donors (Lipinski definition) is 2. The van der Waals surface area contributed by atoms with E-state index in [2.05, 4.69) is 5.32 Å². The molecule has 0 aliphatic heterocycles. The molecule has 0 atom stereocenters. The normalized spacial score (nSPS) is 10.1. The number of nitrogens with one attached hydrogen (secondary N) is 1. The van der Waals surface area contributed by atoms with Crippen molar-refractivity contribution >= 4 is 11.6 Å². The van der Waals surface area contributed by atoms with Crippen molar-refractivity contribution in [3.63, 3.8) is 0 Å². The second kappa shape index (κ2) is 7.28. The predicted octanol–water partition coefficient (Wildman–Crippen LogP) is 2.15. The van der Waals surface area contributed by atoms with Crippen LogP contribution in [0.2, 0.25) is 0 Å². The molecule has 0 saturated carbocycles. The average molecular weight is 288 g/mol. The highest BCUT2D eigenvalue weighted by Gasteiger charge is 2.04. The van der Waals surface area contributed by atoms with Crippen molar-refractivity contribution in [3.05, 3.63) is 59.9 Å². The van der Waals surface area contributed by atoms with Crippen LogP contribution in [0.1, 0.15) is 5.56 Å². The number of para-hydroxylation sites is 2. The molecule has 21 heavy (non-hydrogen) atoms. The summed E-state index contributed by atoms with van der Waals surface area (Å²) < 4.78 is 18.1. The Balaban J connectivity index is 1.70. The third kappa shape index (κ3) is 4.80. The molecule has 0 radical (unpaired) electrons. The Kier molecular flexibility index (Phi) is 5.15. The molecule has 5 heteroatoms. The molecule has 0 aliphatic carbocycles. The Morgan fingerprint density at radius 3 is 2.57 bits per heavy atom. The summed E-state index contributed by atoms with van der Waals surface area (Å²) in [6, 6.07) is 13.2. The van der Waals surface area contributed by atoms with Gasteiger partial charge in [-0.2, -0.15) is 0 Å². The van der Waals surface area contributed by atoms with E-state index in [4.69, 9.17) is 10.5 Å². The summed E-state index contributed by atoms with van der Waals surface area (Å²) in [7, 11) is 0. The first-order valence-electron chi connectivity index (χ1n) is 6.63. The van der Waals surface area contributed by atoms with E-state index in [1.54, 1.807) is 36.4 Å². The summed E-state index contributed by atoms with van der Waals surface area (Å²) >= 11 is 0. The van der Waals surface area contributed by atoms with Crippen LogP contribution in [0.25, 0.3) is 0 Å². The lowest BCUT2D eigenvalue weighted by Crippen LogP contribution is -2.30. The number of carbonyl (C=O) groups is 1. The number of halogens is 1. The fourth-order valence-corrected chi connectivity index (χ4v) is 1.80. The van der Waals surface area contributed by atoms with Crippen LogP contribution in [0, 0.1) is 5.82 Å². The van der Waals surface area contributed by atoms with Crippen LogP contribution in [0.4, 0.5) is 10.1 Å². The molecule has 2 rings (SSSR count). The number of anilines is 1. The van der Waals surface area contributed by atoms with Gasteiger partial charge in [-0.1, -0.05) is 24.3 Å². The fourth-order valence-electron chi connectivity index (χ4n) is 1.80. The van der Waals surface area contributed by atoms with Crippen LogP contribution < -0.4 is 15.8 Å². The van der Waals surface area contributed by atoms with Crippen molar-refractivity contribution in [1.82, 2.24) is 5.32 Å². The van der Waals surface area contributed by atoms with E-state index >= 15 is 0 Å². The largest absolute Gasteiger partial charge is 0.482 e. The van der Waals surface area contributed by atoms with Crippen molar-refractivity contribution in [2.45, 2.75) is 6.42 Å². The summed E-state index contributed by atoms with van der Waals surface area (Å²) in [6.45, 7) is 0.385. The van der Waals surface area contributed by atoms with Gasteiger partial charge in [0, 0.05) is 6.54 Å². The zero-order chi connectivity index (χ0) is 15.1. The van der Waals surface area contributed by atoms with Crippen molar-refractivity contribution in [3.8, 4) is 5.75 Å². The molecule has 0 aliphatic rings. The van der Waals surface area contributed by atoms with Gasteiger partial charge in [-0.15, -0.1) is 0 Å². The van der Waals surface area contributed by atoms with Gasteiger partial charge >= 0.3 is 0 Å². The first kappa shape index (κ1) is 14.8. The molecule has 2 aromatic rings. The maximum atomic E-state index is 12.7. The van der Waals surface area contributed by atoms with E-state index in [0.29, 0.717) is 24.4 Å². The van der Waals surface area contributed by atoms with Gasteiger partial charge in [0.1, 0.15) is 11.6 Å². The maximum absolute atomic E-state index is 12.7. The zero-order valence-corrected chi connectivity index (χ0v) is 11.5. The number of nitrogens with two attached hydrogens (primary N) is 1. The van der Waals surface area contributed by atoms with Gasteiger partial charge in [0.25, 0.3) is 5.91 Å². The molecule has 0 bridgehead atoms. The van der Waals surface area contributed by atoms with Gasteiger partial charge in [0.05, 0.1) is 5.69 Å². The highest BCUT2D eigenvalue weighted by molar-refractivity contribution is 5.77. The van der Waals surface area contributed by atoms with Crippen LogP contribution in [0.3, 0.4) is 0 Å². The Labute approximate surface area is 122 Å². The highest BCUT2D eigenvalue weighted by atomic mass is 19.1. The Bertz CT molecular complexity index is 599. The summed E-state index contributed by atoms with van der Waals surface area (Å²) in [5.41, 5.74) is 7.17. The minimum absolute atomic E-state index is 0.0857. The molecule has 0 aromatic heterocycles. The monoisotopic (exact) mass is 288 g/mol. The molecular formula is C16H17FN2O2. The summed E-state index contributed by atoms with van der Waals surface area (Å²) in [5.74, 6) is 0.00295. The van der Waals surface area contributed by atoms with E-state index in [0.717, 1.165) is 5.56 Å². The average Bonchev–Trinajstić information content (AvgIpc) is 2.48. The van der Waals surface area contributed by atoms with E-state index < -0.39 is 0 Å². The molecule has 2 aromatic carbocycles. The Hall–Kier alpha value is -2.56. The number of hydrogen-bond acceptors (Lipinski definition) is 3. The second-order valence-corrected chi connectivity index (χ2v) is 4.55. The Morgan fingerprint density at radius 2 is 1.86 bits per heavy atom. The lowest BCUT2D eigenvalue weighted by molar-refractivity contribution is -0.123. The minimum Gasteiger partial charge on any atom is -0.482 e.